The predicted molar refractivity (Wildman–Crippen MR) is 154 cm³/mol. The van der Waals surface area contributed by atoms with Gasteiger partial charge in [0.1, 0.15) is 6.54 Å². The Morgan fingerprint density at radius 2 is 1.06 bits per heavy atom. The number of unbranched alkanes of at least 4 members (excludes halogenated alkanes) is 15. The first kappa shape index (κ1) is 35.8. The molecule has 0 aromatic heterocycles. The Morgan fingerprint density at radius 1 is 0.657 bits per heavy atom. The molecule has 206 valence electrons. The van der Waals surface area contributed by atoms with E-state index in [-0.39, 0.29) is 6.15 Å². The Hall–Kier alpha value is -1.39. The lowest BCUT2D eigenvalue weighted by Gasteiger charge is -2.30. The standard InChI is InChI=1S/C25H46N.C6H12O2.H3N/c1-4-5-6-7-8-9-10-11-12-13-14-15-16-20-23-26(2,3)24-25-21-18-17-19-22-25;1-2-3-4-5-6(7)8;/h17-19,21-22H,4-16,20,23-24H2,1-3H3;2-5H2,1H3,(H,7,8);1H3/q+1;;. The molecule has 0 saturated carbocycles. The van der Waals surface area contributed by atoms with E-state index < -0.39 is 5.97 Å². The zero-order valence-corrected chi connectivity index (χ0v) is 24.0. The van der Waals surface area contributed by atoms with Crippen LogP contribution in [0.25, 0.3) is 0 Å². The van der Waals surface area contributed by atoms with Gasteiger partial charge in [0, 0.05) is 12.0 Å². The second-order valence-electron chi connectivity index (χ2n) is 10.8. The largest absolute Gasteiger partial charge is 0.481 e. The van der Waals surface area contributed by atoms with Gasteiger partial charge in [-0.1, -0.05) is 134 Å². The van der Waals surface area contributed by atoms with Crippen LogP contribution in [0.2, 0.25) is 0 Å². The van der Waals surface area contributed by atoms with Crippen LogP contribution < -0.4 is 6.15 Å². The molecular weight excluding hydrogens is 432 g/mol. The van der Waals surface area contributed by atoms with Crippen molar-refractivity contribution >= 4 is 5.97 Å². The maximum atomic E-state index is 9.87. The number of aliphatic carboxylic acids is 1. The molecule has 0 saturated heterocycles. The van der Waals surface area contributed by atoms with Crippen molar-refractivity contribution in [2.75, 3.05) is 20.6 Å². The third-order valence-corrected chi connectivity index (χ3v) is 6.56. The predicted octanol–water partition coefficient (Wildman–Crippen LogP) is 9.56. The van der Waals surface area contributed by atoms with E-state index >= 15 is 0 Å². The molecule has 1 aromatic carbocycles. The van der Waals surface area contributed by atoms with Crippen molar-refractivity contribution in [3.8, 4) is 0 Å². The number of hydrogen-bond donors (Lipinski definition) is 2. The van der Waals surface area contributed by atoms with Gasteiger partial charge in [-0.15, -0.1) is 0 Å². The van der Waals surface area contributed by atoms with Gasteiger partial charge in [-0.3, -0.25) is 4.79 Å². The smallest absolute Gasteiger partial charge is 0.303 e. The fourth-order valence-electron chi connectivity index (χ4n) is 4.42. The van der Waals surface area contributed by atoms with E-state index in [1.165, 1.54) is 102 Å². The van der Waals surface area contributed by atoms with E-state index in [0.717, 1.165) is 30.3 Å². The number of hydrogen-bond acceptors (Lipinski definition) is 2. The summed E-state index contributed by atoms with van der Waals surface area (Å²) < 4.78 is 1.11. The first-order valence-electron chi connectivity index (χ1n) is 14.5. The number of carbonyl (C=O) groups is 1. The maximum Gasteiger partial charge on any atom is 0.303 e. The topological polar surface area (TPSA) is 72.3 Å². The van der Waals surface area contributed by atoms with Crippen molar-refractivity contribution in [1.82, 2.24) is 6.15 Å². The number of benzene rings is 1. The molecule has 1 rings (SSSR count). The van der Waals surface area contributed by atoms with Crippen LogP contribution in [0.4, 0.5) is 0 Å². The number of nitrogens with zero attached hydrogens (tertiary/aromatic N) is 1. The number of carboxylic acids is 1. The summed E-state index contributed by atoms with van der Waals surface area (Å²) in [6.07, 6.45) is 23.5. The Balaban J connectivity index is 0. The minimum Gasteiger partial charge on any atom is -0.481 e. The van der Waals surface area contributed by atoms with Gasteiger partial charge < -0.3 is 15.7 Å². The first-order chi connectivity index (χ1) is 16.4. The zero-order valence-electron chi connectivity index (χ0n) is 24.0. The summed E-state index contributed by atoms with van der Waals surface area (Å²) in [5.41, 5.74) is 1.46. The van der Waals surface area contributed by atoms with Gasteiger partial charge in [0.05, 0.1) is 20.6 Å². The zero-order chi connectivity index (χ0) is 25.3. The van der Waals surface area contributed by atoms with Crippen LogP contribution in [0.1, 0.15) is 135 Å². The van der Waals surface area contributed by atoms with Gasteiger partial charge in [0.15, 0.2) is 0 Å². The highest BCUT2D eigenvalue weighted by molar-refractivity contribution is 5.66. The lowest BCUT2D eigenvalue weighted by Crippen LogP contribution is -2.39. The van der Waals surface area contributed by atoms with Crippen LogP contribution in [0.3, 0.4) is 0 Å². The van der Waals surface area contributed by atoms with Crippen LogP contribution in [-0.4, -0.2) is 36.2 Å². The number of rotatable bonds is 21. The summed E-state index contributed by atoms with van der Waals surface area (Å²) in [6.45, 7) is 6.80. The van der Waals surface area contributed by atoms with E-state index in [2.05, 4.69) is 58.3 Å². The highest BCUT2D eigenvalue weighted by Gasteiger charge is 2.14. The van der Waals surface area contributed by atoms with Crippen LogP contribution in [0.5, 0.6) is 0 Å². The lowest BCUT2D eigenvalue weighted by atomic mass is 10.0. The fraction of sp³-hybridized carbons (Fsp3) is 0.774. The van der Waals surface area contributed by atoms with Crippen LogP contribution in [0.15, 0.2) is 30.3 Å². The summed E-state index contributed by atoms with van der Waals surface area (Å²) in [5, 5.41) is 8.14. The van der Waals surface area contributed by atoms with E-state index in [1.807, 2.05) is 0 Å². The van der Waals surface area contributed by atoms with Crippen LogP contribution >= 0.6 is 0 Å². The average Bonchev–Trinajstić information content (AvgIpc) is 2.80. The molecule has 0 aliphatic heterocycles. The molecule has 4 N–H and O–H groups in total. The van der Waals surface area contributed by atoms with Gasteiger partial charge in [0.2, 0.25) is 0 Å². The third-order valence-electron chi connectivity index (χ3n) is 6.56. The van der Waals surface area contributed by atoms with Gasteiger partial charge >= 0.3 is 5.97 Å². The Bertz CT molecular complexity index is 560. The summed E-state index contributed by atoms with van der Waals surface area (Å²) in [4.78, 5) is 9.87. The third kappa shape index (κ3) is 27.0. The highest BCUT2D eigenvalue weighted by Crippen LogP contribution is 2.15. The molecule has 4 heteroatoms. The molecule has 0 aliphatic rings. The summed E-state index contributed by atoms with van der Waals surface area (Å²) in [7, 11) is 4.74. The molecule has 0 amide bonds. The number of carboxylic acid groups (broad SMARTS) is 1. The minimum atomic E-state index is -0.682. The van der Waals surface area contributed by atoms with E-state index in [4.69, 9.17) is 5.11 Å². The molecule has 0 heterocycles. The second-order valence-corrected chi connectivity index (χ2v) is 10.8. The van der Waals surface area contributed by atoms with E-state index in [1.54, 1.807) is 0 Å². The van der Waals surface area contributed by atoms with Crippen LogP contribution in [0, 0.1) is 0 Å². The molecule has 0 fully saturated rings. The van der Waals surface area contributed by atoms with Crippen molar-refractivity contribution in [2.45, 2.75) is 136 Å². The molecule has 35 heavy (non-hydrogen) atoms. The average molecular weight is 494 g/mol. The molecule has 0 atom stereocenters. The SMILES string of the molecule is CCCCCC(=O)O.CCCCCCCCCCCCCCCC[N+](C)(C)Cc1ccccc1.N. The van der Waals surface area contributed by atoms with Crippen molar-refractivity contribution < 1.29 is 14.4 Å². The maximum absolute atomic E-state index is 9.87. The molecule has 1 aromatic rings. The summed E-state index contributed by atoms with van der Waals surface area (Å²) >= 11 is 0. The van der Waals surface area contributed by atoms with E-state index in [9.17, 15) is 4.79 Å². The van der Waals surface area contributed by atoms with Gasteiger partial charge in [-0.25, -0.2) is 0 Å². The molecule has 0 unspecified atom stereocenters. The molecule has 0 bridgehead atoms. The minimum absolute atomic E-state index is 0. The van der Waals surface area contributed by atoms with Crippen molar-refractivity contribution in [1.29, 1.82) is 0 Å². The fourth-order valence-corrected chi connectivity index (χ4v) is 4.42. The molecule has 0 aliphatic carbocycles. The van der Waals surface area contributed by atoms with E-state index in [0.29, 0.717) is 6.42 Å². The van der Waals surface area contributed by atoms with Crippen molar-refractivity contribution in [2.24, 2.45) is 0 Å². The lowest BCUT2D eigenvalue weighted by molar-refractivity contribution is -0.903. The first-order valence-corrected chi connectivity index (χ1v) is 14.5. The van der Waals surface area contributed by atoms with Crippen LogP contribution in [-0.2, 0) is 11.3 Å². The quantitative estimate of drug-likeness (QED) is 0.132. The monoisotopic (exact) mass is 493 g/mol. The molecular formula is C31H61N2O2+. The summed E-state index contributed by atoms with van der Waals surface area (Å²) in [6, 6.07) is 10.9. The van der Waals surface area contributed by atoms with Crippen molar-refractivity contribution in [3.05, 3.63) is 35.9 Å². The Labute approximate surface area is 219 Å². The normalized spacial score (nSPS) is 10.9. The Morgan fingerprint density at radius 3 is 1.49 bits per heavy atom. The summed E-state index contributed by atoms with van der Waals surface area (Å²) in [5.74, 6) is -0.682. The highest BCUT2D eigenvalue weighted by atomic mass is 16.4. The molecule has 4 nitrogen and oxygen atoms in total. The number of quaternary nitrogens is 1. The molecule has 0 radical (unpaired) electrons. The van der Waals surface area contributed by atoms with Gasteiger partial charge in [-0.2, -0.15) is 0 Å². The Kier molecular flexibility index (Phi) is 26.3. The van der Waals surface area contributed by atoms with Gasteiger partial charge in [0.25, 0.3) is 0 Å². The molecule has 0 spiro atoms. The van der Waals surface area contributed by atoms with Gasteiger partial charge in [-0.05, 0) is 19.3 Å². The second kappa shape index (κ2) is 25.7. The van der Waals surface area contributed by atoms with Crippen molar-refractivity contribution in [3.63, 3.8) is 0 Å².